The van der Waals surface area contributed by atoms with Crippen LogP contribution in [0.1, 0.15) is 27.1 Å². The molecule has 0 fully saturated rings. The van der Waals surface area contributed by atoms with Crippen LogP contribution in [0, 0.1) is 0 Å². The second-order valence-corrected chi connectivity index (χ2v) is 9.15. The monoisotopic (exact) mass is 477 g/mol. The van der Waals surface area contributed by atoms with E-state index >= 15 is 0 Å². The Hall–Kier alpha value is -2.83. The summed E-state index contributed by atoms with van der Waals surface area (Å²) in [5, 5.41) is 14.0. The van der Waals surface area contributed by atoms with Crippen molar-refractivity contribution in [1.29, 1.82) is 0 Å². The predicted molar refractivity (Wildman–Crippen MR) is 129 cm³/mol. The Balaban J connectivity index is 1.63. The molecule has 3 aromatic heterocycles. The van der Waals surface area contributed by atoms with Gasteiger partial charge in [0.25, 0.3) is 0 Å². The number of fused-ring (bicyclic) bond motifs is 1. The highest BCUT2D eigenvalue weighted by Crippen LogP contribution is 2.39. The number of benzene rings is 2. The van der Waals surface area contributed by atoms with Crippen LogP contribution < -0.4 is 0 Å². The van der Waals surface area contributed by atoms with Gasteiger partial charge >= 0.3 is 0 Å². The van der Waals surface area contributed by atoms with Gasteiger partial charge in [-0.2, -0.15) is 0 Å². The van der Waals surface area contributed by atoms with Crippen LogP contribution in [-0.2, 0) is 12.0 Å². The number of aliphatic hydroxyl groups is 1. The van der Waals surface area contributed by atoms with Crippen molar-refractivity contribution in [3.8, 4) is 0 Å². The maximum absolute atomic E-state index is 11.9. The van der Waals surface area contributed by atoms with Gasteiger partial charge in [-0.05, 0) is 53.1 Å². The summed E-state index contributed by atoms with van der Waals surface area (Å²) in [4.78, 5) is 13.7. The molecule has 2 aromatic carbocycles. The highest BCUT2D eigenvalue weighted by Gasteiger charge is 2.36. The first-order valence-corrected chi connectivity index (χ1v) is 11.5. The van der Waals surface area contributed by atoms with E-state index in [2.05, 4.69) is 15.0 Å². The lowest BCUT2D eigenvalue weighted by atomic mass is 9.85. The molecule has 0 amide bonds. The molecule has 0 bridgehead atoms. The smallest absolute Gasteiger partial charge is 0.152 e. The normalized spacial score (nSPS) is 13.2. The number of aromatic nitrogens is 3. The maximum Gasteiger partial charge on any atom is 0.152 e. The standard InChI is InChI=1S/C25H17Cl2N3OS/c26-21-5-1-3-16(10-21)9-18-11-17-12-19(6-7-22(17)30-24(18)27)25(31,23-14-29-15-32-23)20-4-2-8-28-13-20/h1-8,10-15,31H,9H2. The number of nitrogens with zero attached hydrogens (tertiary/aromatic N) is 3. The Labute approximate surface area is 199 Å². The number of pyridine rings is 2. The van der Waals surface area contributed by atoms with Crippen LogP contribution in [0.5, 0.6) is 0 Å². The fraction of sp³-hybridized carbons (Fsp3) is 0.0800. The van der Waals surface area contributed by atoms with E-state index in [0.29, 0.717) is 32.6 Å². The number of hydrogen-bond acceptors (Lipinski definition) is 5. The van der Waals surface area contributed by atoms with Gasteiger partial charge in [-0.3, -0.25) is 9.97 Å². The topological polar surface area (TPSA) is 58.9 Å². The van der Waals surface area contributed by atoms with E-state index in [9.17, 15) is 5.11 Å². The molecule has 0 aliphatic rings. The molecule has 0 saturated carbocycles. The molecular formula is C25H17Cl2N3OS. The van der Waals surface area contributed by atoms with Crippen molar-refractivity contribution >= 4 is 45.4 Å². The molecule has 0 radical (unpaired) electrons. The first kappa shape index (κ1) is 21.0. The van der Waals surface area contributed by atoms with Crippen molar-refractivity contribution in [1.82, 2.24) is 15.0 Å². The van der Waals surface area contributed by atoms with Gasteiger partial charge in [-0.25, -0.2) is 4.98 Å². The number of thiazole rings is 1. The molecule has 7 heteroatoms. The molecule has 4 nitrogen and oxygen atoms in total. The van der Waals surface area contributed by atoms with Crippen molar-refractivity contribution in [2.45, 2.75) is 12.0 Å². The lowest BCUT2D eigenvalue weighted by Gasteiger charge is -2.28. The Bertz CT molecular complexity index is 1390. The summed E-state index contributed by atoms with van der Waals surface area (Å²) in [7, 11) is 0. The van der Waals surface area contributed by atoms with E-state index in [1.54, 1.807) is 24.1 Å². The zero-order valence-electron chi connectivity index (χ0n) is 16.7. The highest BCUT2D eigenvalue weighted by molar-refractivity contribution is 7.09. The zero-order chi connectivity index (χ0) is 22.1. The number of hydrogen-bond donors (Lipinski definition) is 1. The lowest BCUT2D eigenvalue weighted by Crippen LogP contribution is -2.28. The van der Waals surface area contributed by atoms with E-state index < -0.39 is 5.60 Å². The average Bonchev–Trinajstić information content (AvgIpc) is 3.35. The second-order valence-electron chi connectivity index (χ2n) is 7.47. The molecule has 0 aliphatic heterocycles. The zero-order valence-corrected chi connectivity index (χ0v) is 19.1. The molecule has 0 spiro atoms. The summed E-state index contributed by atoms with van der Waals surface area (Å²) in [6.07, 6.45) is 5.65. The first-order valence-electron chi connectivity index (χ1n) is 9.90. The highest BCUT2D eigenvalue weighted by atomic mass is 35.5. The largest absolute Gasteiger partial charge is 0.375 e. The molecule has 158 valence electrons. The SMILES string of the molecule is OC(c1cccnc1)(c1ccc2nc(Cl)c(Cc3cccc(Cl)c3)cc2c1)c1cncs1. The third kappa shape index (κ3) is 3.89. The molecule has 1 unspecified atom stereocenters. The van der Waals surface area contributed by atoms with Crippen LogP contribution in [0.25, 0.3) is 10.9 Å². The van der Waals surface area contributed by atoms with Crippen LogP contribution in [-0.4, -0.2) is 20.1 Å². The Morgan fingerprint density at radius 3 is 2.56 bits per heavy atom. The minimum Gasteiger partial charge on any atom is -0.375 e. The van der Waals surface area contributed by atoms with Crippen molar-refractivity contribution in [3.05, 3.63) is 122 Å². The van der Waals surface area contributed by atoms with Crippen molar-refractivity contribution in [2.24, 2.45) is 0 Å². The van der Waals surface area contributed by atoms with Crippen molar-refractivity contribution in [2.75, 3.05) is 0 Å². The Kier molecular flexibility index (Phi) is 5.66. The Morgan fingerprint density at radius 2 is 1.81 bits per heavy atom. The van der Waals surface area contributed by atoms with E-state index in [-0.39, 0.29) is 0 Å². The molecule has 1 N–H and O–H groups in total. The van der Waals surface area contributed by atoms with E-state index in [1.807, 2.05) is 60.7 Å². The summed E-state index contributed by atoms with van der Waals surface area (Å²) in [5.41, 5.74) is 4.41. The predicted octanol–water partition coefficient (Wildman–Crippen LogP) is 6.27. The van der Waals surface area contributed by atoms with Gasteiger partial charge in [0.2, 0.25) is 0 Å². The first-order chi connectivity index (χ1) is 15.5. The lowest BCUT2D eigenvalue weighted by molar-refractivity contribution is 0.129. The van der Waals surface area contributed by atoms with Crippen molar-refractivity contribution < 1.29 is 5.11 Å². The number of halogens is 2. The molecule has 0 aliphatic carbocycles. The van der Waals surface area contributed by atoms with Gasteiger partial charge in [0.1, 0.15) is 5.15 Å². The quantitative estimate of drug-likeness (QED) is 0.303. The van der Waals surface area contributed by atoms with Crippen LogP contribution in [0.4, 0.5) is 0 Å². The molecular weight excluding hydrogens is 461 g/mol. The van der Waals surface area contributed by atoms with E-state index in [1.165, 1.54) is 11.3 Å². The van der Waals surface area contributed by atoms with E-state index in [4.69, 9.17) is 23.2 Å². The summed E-state index contributed by atoms with van der Waals surface area (Å²) in [6.45, 7) is 0. The van der Waals surface area contributed by atoms with Crippen LogP contribution in [0.3, 0.4) is 0 Å². The average molecular weight is 478 g/mol. The molecule has 32 heavy (non-hydrogen) atoms. The summed E-state index contributed by atoms with van der Waals surface area (Å²) in [5.74, 6) is 0. The van der Waals surface area contributed by atoms with Gasteiger partial charge < -0.3 is 5.11 Å². The molecule has 5 rings (SSSR count). The fourth-order valence-corrected chi connectivity index (χ4v) is 5.02. The van der Waals surface area contributed by atoms with Crippen LogP contribution in [0.15, 0.2) is 84.8 Å². The van der Waals surface area contributed by atoms with E-state index in [0.717, 1.165) is 22.0 Å². The van der Waals surface area contributed by atoms with Gasteiger partial charge in [0.15, 0.2) is 5.60 Å². The Morgan fingerprint density at radius 1 is 0.906 bits per heavy atom. The fourth-order valence-electron chi connectivity index (χ4n) is 3.84. The molecule has 5 aromatic rings. The third-order valence-corrected chi connectivity index (χ3v) is 6.85. The van der Waals surface area contributed by atoms with Crippen LogP contribution in [0.2, 0.25) is 10.2 Å². The summed E-state index contributed by atoms with van der Waals surface area (Å²) < 4.78 is 0. The van der Waals surface area contributed by atoms with Crippen molar-refractivity contribution in [3.63, 3.8) is 0 Å². The molecule has 0 saturated heterocycles. The van der Waals surface area contributed by atoms with Gasteiger partial charge in [-0.1, -0.05) is 47.5 Å². The molecule has 3 heterocycles. The maximum atomic E-state index is 11.9. The molecule has 1 atom stereocenters. The minimum atomic E-state index is -1.38. The third-order valence-electron chi connectivity index (χ3n) is 5.41. The minimum absolute atomic E-state index is 0.454. The van der Waals surface area contributed by atoms with Gasteiger partial charge in [0, 0.05) is 41.0 Å². The van der Waals surface area contributed by atoms with Crippen LogP contribution >= 0.6 is 34.5 Å². The second kappa shape index (κ2) is 8.60. The summed E-state index contributed by atoms with van der Waals surface area (Å²) >= 11 is 14.0. The summed E-state index contributed by atoms with van der Waals surface area (Å²) in [6, 6.07) is 19.1. The number of rotatable bonds is 5. The van der Waals surface area contributed by atoms with Gasteiger partial charge in [0.05, 0.1) is 15.9 Å². The van der Waals surface area contributed by atoms with Gasteiger partial charge in [-0.15, -0.1) is 11.3 Å².